The van der Waals surface area contributed by atoms with Gasteiger partial charge in [-0.05, 0) is 0 Å². The Hall–Kier alpha value is -3.92. The molecule has 70 heavy (non-hydrogen) atoms. The summed E-state index contributed by atoms with van der Waals surface area (Å²) < 4.78 is 56.8. The molecular formula is C56H64B4O8Te2. The molecule has 12 rings (SSSR count). The summed E-state index contributed by atoms with van der Waals surface area (Å²) in [6, 6.07) is 25.5. The molecule has 0 N–H and O–H groups in total. The van der Waals surface area contributed by atoms with E-state index in [9.17, 15) is 0 Å². The predicted octanol–water partition coefficient (Wildman–Crippen LogP) is 9.10. The molecule has 4 aliphatic heterocycles. The quantitative estimate of drug-likeness (QED) is 0.162. The zero-order chi connectivity index (χ0) is 49.1. The van der Waals surface area contributed by atoms with Crippen molar-refractivity contribution in [1.82, 2.24) is 0 Å². The van der Waals surface area contributed by atoms with Crippen molar-refractivity contribution in [1.29, 1.82) is 0 Å². The van der Waals surface area contributed by atoms with E-state index in [-0.39, 0.29) is 50.1 Å². The van der Waals surface area contributed by atoms with Gasteiger partial charge >= 0.3 is 440 Å². The molecule has 6 aliphatic rings. The Labute approximate surface area is 436 Å². The van der Waals surface area contributed by atoms with E-state index in [4.69, 9.17) is 37.2 Å². The van der Waals surface area contributed by atoms with E-state index in [1.54, 1.807) is 0 Å². The van der Waals surface area contributed by atoms with Gasteiger partial charge in [0, 0.05) is 0 Å². The standard InChI is InChI=1S/2C28H32B2O4Te/c2*1-27(2,3)17-11-13-21-23(15-17)33-29(31-21)25-19-9-7-8-10-20(19)26(35-25)30-32-22-14-12-18(28(4,5)6)16-24(22)34-30/h2*11-16H,7-10H2,1-6H3. The second kappa shape index (κ2) is 17.9. The van der Waals surface area contributed by atoms with Crippen LogP contribution in [0.3, 0.4) is 0 Å². The van der Waals surface area contributed by atoms with Gasteiger partial charge in [-0.3, -0.25) is 0 Å². The van der Waals surface area contributed by atoms with Gasteiger partial charge in [-0.1, -0.05) is 0 Å². The molecule has 6 heterocycles. The predicted molar refractivity (Wildman–Crippen MR) is 287 cm³/mol. The first-order valence-electron chi connectivity index (χ1n) is 25.4. The van der Waals surface area contributed by atoms with Gasteiger partial charge < -0.3 is 0 Å². The molecule has 0 fully saturated rings. The maximum absolute atomic E-state index is 6.45. The van der Waals surface area contributed by atoms with Crippen LogP contribution < -0.4 is 51.1 Å². The Morgan fingerprint density at radius 1 is 0.300 bits per heavy atom. The van der Waals surface area contributed by atoms with E-state index in [0.29, 0.717) is 0 Å². The van der Waals surface area contributed by atoms with Crippen LogP contribution in [0.1, 0.15) is 153 Å². The van der Waals surface area contributed by atoms with Crippen LogP contribution >= 0.6 is 0 Å². The molecule has 360 valence electrons. The number of benzene rings is 4. The Balaban J connectivity index is 0.000000152. The summed E-state index contributed by atoms with van der Waals surface area (Å²) in [5.74, 6) is 6.87. The van der Waals surface area contributed by atoms with E-state index in [1.165, 1.54) is 84.1 Å². The van der Waals surface area contributed by atoms with E-state index >= 15 is 0 Å². The van der Waals surface area contributed by atoms with Crippen LogP contribution in [0.2, 0.25) is 0 Å². The number of hydrogen-bond acceptors (Lipinski definition) is 8. The number of rotatable bonds is 4. The topological polar surface area (TPSA) is 73.8 Å². The van der Waals surface area contributed by atoms with Crippen LogP contribution in [-0.2, 0) is 47.3 Å². The molecule has 0 saturated heterocycles. The van der Waals surface area contributed by atoms with Crippen molar-refractivity contribution >= 4 is 83.3 Å². The average Bonchev–Trinajstić information content (AvgIpc) is 4.17. The summed E-state index contributed by atoms with van der Waals surface area (Å²) >= 11 is -1.42. The maximum atomic E-state index is 6.45. The monoisotopic (exact) mass is 1170 g/mol. The second-order valence-electron chi connectivity index (χ2n) is 23.9. The van der Waals surface area contributed by atoms with Gasteiger partial charge in [0.25, 0.3) is 0 Å². The third-order valence-corrected chi connectivity index (χ3v) is 22.1. The van der Waals surface area contributed by atoms with Crippen molar-refractivity contribution in [3.05, 3.63) is 117 Å². The van der Waals surface area contributed by atoms with Crippen molar-refractivity contribution < 1.29 is 37.2 Å². The molecule has 2 aliphatic carbocycles. The summed E-state index contributed by atoms with van der Waals surface area (Å²) in [6.45, 7) is 26.7. The first-order chi connectivity index (χ1) is 33.2. The van der Waals surface area contributed by atoms with Crippen LogP contribution in [0.5, 0.6) is 46.0 Å². The number of fused-ring (bicyclic) bond motifs is 6. The average molecular weight is 1160 g/mol. The van der Waals surface area contributed by atoms with Gasteiger partial charge in [0.05, 0.1) is 0 Å². The second-order valence-corrected chi connectivity index (χ2v) is 30.1. The molecular weight excluding hydrogens is 1100 g/mol. The van der Waals surface area contributed by atoms with E-state index in [1.807, 2.05) is 0 Å². The Morgan fingerprint density at radius 2 is 0.500 bits per heavy atom. The minimum atomic E-state index is -0.708. The van der Waals surface area contributed by atoms with Crippen molar-refractivity contribution in [3.63, 3.8) is 0 Å². The molecule has 14 heteroatoms. The van der Waals surface area contributed by atoms with Crippen molar-refractivity contribution in [2.24, 2.45) is 0 Å². The fourth-order valence-corrected chi connectivity index (χ4v) is 17.8. The first-order valence-corrected chi connectivity index (χ1v) is 30.0. The molecule has 4 aromatic carbocycles. The van der Waals surface area contributed by atoms with Gasteiger partial charge in [-0.15, -0.1) is 0 Å². The Bertz CT molecular complexity index is 2610. The zero-order valence-electron chi connectivity index (χ0n) is 43.0. The molecule has 0 unspecified atom stereocenters. The van der Waals surface area contributed by atoms with Gasteiger partial charge in [-0.25, -0.2) is 0 Å². The summed E-state index contributed by atoms with van der Waals surface area (Å²) in [5.41, 5.74) is 11.2. The SMILES string of the molecule is CC(C)(C)c1ccc2c(c1)OB(c1[te]c(B3Oc4ccc(C(C)(C)C)cc4O3)c3c1CCCC3)O2.CC(C)(C)c1ccc2c(c1)OB(c1[te]c(B3Oc4ccc(C(C)(C)C)cc4O3)c3c1CCCC3)O2. The van der Waals surface area contributed by atoms with Crippen LogP contribution in [0.4, 0.5) is 0 Å². The molecule has 6 aromatic rings. The molecule has 0 amide bonds. The van der Waals surface area contributed by atoms with Gasteiger partial charge in [0.1, 0.15) is 0 Å². The van der Waals surface area contributed by atoms with Crippen LogP contribution in [-0.4, -0.2) is 69.3 Å². The first kappa shape index (κ1) is 48.4. The Kier molecular flexibility index (Phi) is 12.4. The van der Waals surface area contributed by atoms with Crippen LogP contribution in [0.25, 0.3) is 0 Å². The third kappa shape index (κ3) is 9.24. The molecule has 8 nitrogen and oxygen atoms in total. The Morgan fingerprint density at radius 3 is 0.700 bits per heavy atom. The summed E-state index contributed by atoms with van der Waals surface area (Å²) in [6.07, 6.45) is 9.27. The van der Waals surface area contributed by atoms with Crippen molar-refractivity contribution in [3.8, 4) is 46.0 Å². The summed E-state index contributed by atoms with van der Waals surface area (Å²) in [5, 5.41) is 0. The van der Waals surface area contributed by atoms with E-state index in [2.05, 4.69) is 156 Å². The fraction of sp³-hybridized carbons (Fsp3) is 0.429. The molecule has 0 atom stereocenters. The molecule has 0 bridgehead atoms. The van der Waals surface area contributed by atoms with E-state index < -0.39 is 40.9 Å². The third-order valence-electron chi connectivity index (χ3n) is 14.5. The van der Waals surface area contributed by atoms with Crippen molar-refractivity contribution in [2.45, 2.75) is 156 Å². The van der Waals surface area contributed by atoms with Gasteiger partial charge in [0.15, 0.2) is 0 Å². The van der Waals surface area contributed by atoms with Gasteiger partial charge in [0.2, 0.25) is 0 Å². The fourth-order valence-electron chi connectivity index (χ4n) is 10.2. The zero-order valence-corrected chi connectivity index (χ0v) is 47.6. The summed E-state index contributed by atoms with van der Waals surface area (Å²) in [7, 11) is -1.28. The molecule has 0 radical (unpaired) electrons. The molecule has 0 saturated carbocycles. The van der Waals surface area contributed by atoms with E-state index in [0.717, 1.165) is 71.7 Å². The number of hydrogen-bond donors (Lipinski definition) is 0. The molecule has 2 aromatic heterocycles. The van der Waals surface area contributed by atoms with Crippen LogP contribution in [0, 0.1) is 0 Å². The van der Waals surface area contributed by atoms with Crippen LogP contribution in [0.15, 0.2) is 72.8 Å². The van der Waals surface area contributed by atoms with Gasteiger partial charge in [-0.2, -0.15) is 0 Å². The molecule has 0 spiro atoms. The van der Waals surface area contributed by atoms with Crippen molar-refractivity contribution in [2.75, 3.05) is 0 Å². The normalized spacial score (nSPS) is 16.6. The summed E-state index contributed by atoms with van der Waals surface area (Å²) in [4.78, 5) is 0. The minimum absolute atomic E-state index is 0.0736.